The van der Waals surface area contributed by atoms with Gasteiger partial charge in [-0.1, -0.05) is 184 Å². The summed E-state index contributed by atoms with van der Waals surface area (Å²) in [6, 6.07) is 81.6. The quantitative estimate of drug-likeness (QED) is 0.166. The lowest BCUT2D eigenvalue weighted by Gasteiger charge is -2.30. The summed E-state index contributed by atoms with van der Waals surface area (Å²) < 4.78 is 7.23. The highest BCUT2D eigenvalue weighted by molar-refractivity contribution is 6.03. The lowest BCUT2D eigenvalue weighted by molar-refractivity contribution is 0.488. The normalized spacial score (nSPS) is 12.9. The molecule has 0 unspecified atom stereocenters. The van der Waals surface area contributed by atoms with Crippen LogP contribution in [0.2, 0.25) is 0 Å². The second-order valence-corrected chi connectivity index (χ2v) is 17.3. The van der Waals surface area contributed by atoms with E-state index in [1.807, 2.05) is 0 Å². The first kappa shape index (κ1) is 36.9. The van der Waals surface area contributed by atoms with Gasteiger partial charge in [0.1, 0.15) is 11.5 Å². The average Bonchev–Trinajstić information content (AvgIpc) is 3.47. The molecule has 10 aromatic rings. The van der Waals surface area contributed by atoms with Gasteiger partial charge < -0.3 is 9.64 Å². The summed E-state index contributed by atoms with van der Waals surface area (Å²) in [5.41, 5.74) is 19.7. The van der Waals surface area contributed by atoms with Crippen molar-refractivity contribution >= 4 is 27.8 Å². The van der Waals surface area contributed by atoms with Crippen molar-refractivity contribution in [2.45, 2.75) is 19.3 Å². The van der Waals surface area contributed by atoms with Crippen LogP contribution in [0.4, 0.5) is 17.1 Å². The lowest BCUT2D eigenvalue weighted by Crippen LogP contribution is -2.17. The number of rotatable bonds is 6. The summed E-state index contributed by atoms with van der Waals surface area (Å²) in [7, 11) is 0. The van der Waals surface area contributed by atoms with Crippen LogP contribution in [0, 0.1) is 0 Å². The summed E-state index contributed by atoms with van der Waals surface area (Å²) >= 11 is 0. The minimum atomic E-state index is -0.163. The Hall–Kier alpha value is -7.94. The molecule has 0 atom stereocenters. The summed E-state index contributed by atoms with van der Waals surface area (Å²) in [6.07, 6.45) is 0. The van der Waals surface area contributed by atoms with E-state index in [2.05, 4.69) is 243 Å². The van der Waals surface area contributed by atoms with Crippen molar-refractivity contribution in [1.82, 2.24) is 0 Å². The van der Waals surface area contributed by atoms with Crippen LogP contribution in [-0.4, -0.2) is 0 Å². The van der Waals surface area contributed by atoms with Crippen LogP contribution >= 0.6 is 0 Å². The Labute approximate surface area is 369 Å². The second-order valence-electron chi connectivity index (χ2n) is 17.3. The molecule has 10 aromatic carbocycles. The number of hydrogen-bond donors (Lipinski definition) is 0. The van der Waals surface area contributed by atoms with E-state index in [-0.39, 0.29) is 5.41 Å². The molecule has 0 N–H and O–H groups in total. The highest BCUT2D eigenvalue weighted by Crippen LogP contribution is 2.55. The standard InChI is InChI=1S/C61H43NO/c1-61(2)55-24-12-11-22-50(55)51-36-33-47(39-56(51)61)62(46-31-27-42(28-32-46)40-15-5-3-6-16-40)57-25-14-26-58-60(57)53-35-30-45(49-23-13-20-43-19-9-10-21-48(43)49)37-54(53)52-34-29-44(38-59(52)63-58)41-17-7-4-8-18-41/h3-39H,1-2H3. The van der Waals surface area contributed by atoms with Gasteiger partial charge in [-0.05, 0) is 132 Å². The van der Waals surface area contributed by atoms with Crippen LogP contribution in [0.5, 0.6) is 11.5 Å². The smallest absolute Gasteiger partial charge is 0.137 e. The third-order valence-corrected chi connectivity index (χ3v) is 13.3. The zero-order valence-electron chi connectivity index (χ0n) is 35.2. The maximum atomic E-state index is 7.23. The maximum Gasteiger partial charge on any atom is 0.137 e. The van der Waals surface area contributed by atoms with E-state index in [4.69, 9.17) is 4.74 Å². The lowest BCUT2D eigenvalue weighted by atomic mass is 9.82. The number of nitrogens with zero attached hydrogens (tertiary/aromatic N) is 1. The van der Waals surface area contributed by atoms with Gasteiger partial charge in [0.25, 0.3) is 0 Å². The number of fused-ring (bicyclic) bond motifs is 9. The number of ether oxygens (including phenoxy) is 1. The van der Waals surface area contributed by atoms with Crippen molar-refractivity contribution in [2.75, 3.05) is 4.90 Å². The molecule has 0 radical (unpaired) electrons. The highest BCUT2D eigenvalue weighted by Gasteiger charge is 2.36. The largest absolute Gasteiger partial charge is 0.456 e. The molecule has 0 aromatic heterocycles. The van der Waals surface area contributed by atoms with E-state index in [9.17, 15) is 0 Å². The Balaban J connectivity index is 1.10. The van der Waals surface area contributed by atoms with Crippen molar-refractivity contribution < 1.29 is 4.74 Å². The monoisotopic (exact) mass is 805 g/mol. The summed E-state index contributed by atoms with van der Waals surface area (Å²) in [5.74, 6) is 1.65. The van der Waals surface area contributed by atoms with Crippen LogP contribution in [0.3, 0.4) is 0 Å². The van der Waals surface area contributed by atoms with Crippen LogP contribution in [0.25, 0.3) is 77.5 Å². The SMILES string of the molecule is CC1(C)c2ccccc2-c2ccc(N(c3ccc(-c4ccccc4)cc3)c3cccc4c3-c3ccc(-c5cccc6ccccc56)cc3-c3ccc(-c5ccccc5)cc3O4)cc21. The van der Waals surface area contributed by atoms with Crippen molar-refractivity contribution in [3.63, 3.8) is 0 Å². The van der Waals surface area contributed by atoms with Gasteiger partial charge in [-0.15, -0.1) is 0 Å². The van der Waals surface area contributed by atoms with Crippen molar-refractivity contribution in [3.8, 4) is 78.3 Å². The summed E-state index contributed by atoms with van der Waals surface area (Å²) in [4.78, 5) is 2.43. The molecule has 298 valence electrons. The molecule has 0 bridgehead atoms. The molecule has 1 aliphatic heterocycles. The molecule has 0 saturated carbocycles. The number of hydrogen-bond acceptors (Lipinski definition) is 2. The summed E-state index contributed by atoms with van der Waals surface area (Å²) in [5, 5.41) is 2.46. The molecular formula is C61H43NO. The number of benzene rings is 10. The van der Waals surface area contributed by atoms with Gasteiger partial charge >= 0.3 is 0 Å². The molecule has 12 rings (SSSR count). The minimum absolute atomic E-state index is 0.163. The maximum absolute atomic E-state index is 7.23. The molecule has 0 amide bonds. The van der Waals surface area contributed by atoms with Gasteiger partial charge in [0.05, 0.1) is 5.69 Å². The van der Waals surface area contributed by atoms with Gasteiger partial charge in [-0.25, -0.2) is 0 Å². The third-order valence-electron chi connectivity index (χ3n) is 13.3. The van der Waals surface area contributed by atoms with Gasteiger partial charge in [0.2, 0.25) is 0 Å². The Bertz CT molecular complexity index is 3380. The van der Waals surface area contributed by atoms with E-state index < -0.39 is 0 Å². The van der Waals surface area contributed by atoms with E-state index in [1.54, 1.807) is 0 Å². The first-order chi connectivity index (χ1) is 31.0. The Morgan fingerprint density at radius 3 is 1.76 bits per heavy atom. The molecule has 2 nitrogen and oxygen atoms in total. The van der Waals surface area contributed by atoms with Crippen molar-refractivity contribution in [2.24, 2.45) is 0 Å². The Morgan fingerprint density at radius 1 is 0.349 bits per heavy atom. The predicted octanol–water partition coefficient (Wildman–Crippen LogP) is 17.1. The molecule has 1 aliphatic carbocycles. The van der Waals surface area contributed by atoms with E-state index in [0.29, 0.717) is 0 Å². The zero-order chi connectivity index (χ0) is 42.1. The molecule has 0 fully saturated rings. The second kappa shape index (κ2) is 14.6. The summed E-state index contributed by atoms with van der Waals surface area (Å²) in [6.45, 7) is 4.71. The van der Waals surface area contributed by atoms with Crippen LogP contribution in [0.15, 0.2) is 224 Å². The molecular weight excluding hydrogens is 763 g/mol. The van der Waals surface area contributed by atoms with Crippen LogP contribution < -0.4 is 9.64 Å². The molecule has 63 heavy (non-hydrogen) atoms. The van der Waals surface area contributed by atoms with Crippen LogP contribution in [0.1, 0.15) is 25.0 Å². The van der Waals surface area contributed by atoms with Gasteiger partial charge in [-0.3, -0.25) is 0 Å². The number of anilines is 3. The molecule has 2 heteroatoms. The zero-order valence-corrected chi connectivity index (χ0v) is 35.2. The van der Waals surface area contributed by atoms with E-state index in [0.717, 1.165) is 61.9 Å². The Morgan fingerprint density at radius 2 is 0.937 bits per heavy atom. The first-order valence-electron chi connectivity index (χ1n) is 21.8. The van der Waals surface area contributed by atoms with Crippen molar-refractivity contribution in [3.05, 3.63) is 236 Å². The topological polar surface area (TPSA) is 12.5 Å². The molecule has 2 aliphatic rings. The molecule has 0 spiro atoms. The van der Waals surface area contributed by atoms with Gasteiger partial charge in [0, 0.05) is 27.9 Å². The Kier molecular flexibility index (Phi) is 8.55. The third kappa shape index (κ3) is 6.09. The predicted molar refractivity (Wildman–Crippen MR) is 263 cm³/mol. The van der Waals surface area contributed by atoms with Gasteiger partial charge in [-0.2, -0.15) is 0 Å². The average molecular weight is 806 g/mol. The molecule has 1 heterocycles. The molecule has 0 saturated heterocycles. The fraction of sp³-hybridized carbons (Fsp3) is 0.0492. The fourth-order valence-electron chi connectivity index (χ4n) is 10.1. The van der Waals surface area contributed by atoms with Crippen molar-refractivity contribution in [1.29, 1.82) is 0 Å². The first-order valence-corrected chi connectivity index (χ1v) is 21.8. The minimum Gasteiger partial charge on any atom is -0.456 e. The van der Waals surface area contributed by atoms with Gasteiger partial charge in [0.15, 0.2) is 0 Å². The van der Waals surface area contributed by atoms with E-state index >= 15 is 0 Å². The fourth-order valence-corrected chi connectivity index (χ4v) is 10.1. The van der Waals surface area contributed by atoms with Crippen LogP contribution in [-0.2, 0) is 5.41 Å². The highest BCUT2D eigenvalue weighted by atomic mass is 16.5. The van der Waals surface area contributed by atoms with E-state index in [1.165, 1.54) is 55.3 Å².